The smallest absolute Gasteiger partial charge is 0.233 e. The van der Waals surface area contributed by atoms with Gasteiger partial charge in [0, 0.05) is 6.42 Å². The van der Waals surface area contributed by atoms with Crippen molar-refractivity contribution in [2.75, 3.05) is 6.61 Å². The van der Waals surface area contributed by atoms with E-state index in [1.54, 1.807) is 0 Å². The number of carbonyl (C=O) groups is 1. The Morgan fingerprint density at radius 3 is 2.63 bits per heavy atom. The molecule has 2 aromatic rings. The number of nitrogens with one attached hydrogen (secondary N) is 1. The number of hydrogen-bond donors (Lipinski definition) is 2. The lowest BCUT2D eigenvalue weighted by molar-refractivity contribution is -0.118. The molecule has 3 unspecified atom stereocenters. The monoisotopic (exact) mass is 535 g/mol. The highest BCUT2D eigenvalue weighted by Crippen LogP contribution is 2.45. The Hall–Kier alpha value is -2.74. The highest BCUT2D eigenvalue weighted by atomic mass is 32.2. The fourth-order valence-electron chi connectivity index (χ4n) is 5.83. The fraction of sp³-hybridized carbons (Fsp3) is 0.452. The third kappa shape index (κ3) is 5.51. The maximum absolute atomic E-state index is 12.1. The minimum Gasteiger partial charge on any atom is -0.486 e. The van der Waals surface area contributed by atoms with Crippen LogP contribution in [0.3, 0.4) is 0 Å². The van der Waals surface area contributed by atoms with Crippen molar-refractivity contribution in [1.82, 2.24) is 4.72 Å². The Labute approximate surface area is 227 Å². The van der Waals surface area contributed by atoms with E-state index in [2.05, 4.69) is 48.9 Å². The number of allylic oxidation sites excluding steroid dienone is 2. The van der Waals surface area contributed by atoms with E-state index >= 15 is 0 Å². The second-order valence-corrected chi connectivity index (χ2v) is 12.8. The van der Waals surface area contributed by atoms with Gasteiger partial charge in [0.1, 0.15) is 22.8 Å². The molecule has 1 saturated heterocycles. The number of ether oxygens (including phenoxy) is 2. The van der Waals surface area contributed by atoms with Crippen molar-refractivity contribution < 1.29 is 23.6 Å². The fourth-order valence-corrected chi connectivity index (χ4v) is 6.98. The molecule has 1 fully saturated rings. The zero-order valence-corrected chi connectivity index (χ0v) is 23.4. The molecule has 0 radical (unpaired) electrons. The summed E-state index contributed by atoms with van der Waals surface area (Å²) < 4.78 is 27.6. The largest absolute Gasteiger partial charge is 0.486 e. The van der Waals surface area contributed by atoms with Gasteiger partial charge in [-0.05, 0) is 98.9 Å². The summed E-state index contributed by atoms with van der Waals surface area (Å²) >= 11 is 0. The Morgan fingerprint density at radius 2 is 1.95 bits per heavy atom. The van der Waals surface area contributed by atoms with Crippen LogP contribution in [0.25, 0.3) is 5.57 Å². The van der Waals surface area contributed by atoms with Crippen LogP contribution in [-0.4, -0.2) is 33.0 Å². The van der Waals surface area contributed by atoms with E-state index in [9.17, 15) is 14.1 Å². The van der Waals surface area contributed by atoms with E-state index in [1.165, 1.54) is 27.8 Å². The van der Waals surface area contributed by atoms with Crippen LogP contribution < -0.4 is 9.46 Å². The number of fused-ring (bicyclic) bond motifs is 1. The SMILES string of the molecule is CC1=C(c2cccc3c2CC[C@H]3Oc2ccc(C3CC(=O)NS3=O)cc2)C(C)(OCCC(C)(C)O)CC=C1. The molecule has 0 aromatic heterocycles. The Kier molecular flexibility index (Phi) is 7.37. The van der Waals surface area contributed by atoms with Gasteiger partial charge in [-0.1, -0.05) is 42.5 Å². The zero-order valence-electron chi connectivity index (χ0n) is 22.6. The minimum atomic E-state index is -1.38. The lowest BCUT2D eigenvalue weighted by Crippen LogP contribution is -2.34. The summed E-state index contributed by atoms with van der Waals surface area (Å²) in [7, 11) is -1.38. The van der Waals surface area contributed by atoms with Gasteiger partial charge in [0.05, 0.1) is 23.1 Å². The number of rotatable bonds is 8. The average Bonchev–Trinajstić information content (AvgIpc) is 3.41. The van der Waals surface area contributed by atoms with Crippen LogP contribution in [0.1, 0.15) is 87.0 Å². The van der Waals surface area contributed by atoms with Crippen molar-refractivity contribution in [2.45, 2.75) is 82.4 Å². The molecule has 4 atom stereocenters. The Bertz CT molecular complexity index is 1310. The van der Waals surface area contributed by atoms with Gasteiger partial charge in [0.15, 0.2) is 0 Å². The van der Waals surface area contributed by atoms with Crippen LogP contribution in [0.2, 0.25) is 0 Å². The number of benzene rings is 2. The van der Waals surface area contributed by atoms with Crippen LogP contribution >= 0.6 is 0 Å². The first kappa shape index (κ1) is 26.9. The number of amides is 1. The predicted octanol–water partition coefficient (Wildman–Crippen LogP) is 5.65. The molecular weight excluding hydrogens is 498 g/mol. The van der Waals surface area contributed by atoms with Gasteiger partial charge >= 0.3 is 0 Å². The summed E-state index contributed by atoms with van der Waals surface area (Å²) in [6.07, 6.45) is 7.72. The van der Waals surface area contributed by atoms with Crippen LogP contribution in [0.5, 0.6) is 5.75 Å². The average molecular weight is 536 g/mol. The second kappa shape index (κ2) is 10.4. The highest BCUT2D eigenvalue weighted by Gasteiger charge is 2.37. The summed E-state index contributed by atoms with van der Waals surface area (Å²) in [5.41, 5.74) is 5.79. The van der Waals surface area contributed by atoms with Crippen LogP contribution in [0.15, 0.2) is 60.2 Å². The normalized spacial score (nSPS) is 27.0. The number of hydrogen-bond acceptors (Lipinski definition) is 5. The van der Waals surface area contributed by atoms with E-state index in [-0.39, 0.29) is 23.7 Å². The molecule has 202 valence electrons. The van der Waals surface area contributed by atoms with Gasteiger partial charge in [-0.25, -0.2) is 4.21 Å². The molecule has 0 saturated carbocycles. The summed E-state index contributed by atoms with van der Waals surface area (Å²) in [6.45, 7) is 8.41. The van der Waals surface area contributed by atoms with Gasteiger partial charge in [0.2, 0.25) is 5.91 Å². The molecule has 2 N–H and O–H groups in total. The molecule has 0 bridgehead atoms. The van der Waals surface area contributed by atoms with Crippen LogP contribution in [0.4, 0.5) is 0 Å². The van der Waals surface area contributed by atoms with Gasteiger partial charge in [-0.2, -0.15) is 0 Å². The van der Waals surface area contributed by atoms with Crippen molar-refractivity contribution in [3.05, 3.63) is 82.4 Å². The molecule has 2 aliphatic carbocycles. The first-order chi connectivity index (χ1) is 18.0. The third-order valence-corrected chi connectivity index (χ3v) is 9.18. The molecule has 5 rings (SSSR count). The molecule has 2 aromatic carbocycles. The first-order valence-corrected chi connectivity index (χ1v) is 14.6. The minimum absolute atomic E-state index is 0.0536. The van der Waals surface area contributed by atoms with Gasteiger partial charge in [-0.15, -0.1) is 0 Å². The van der Waals surface area contributed by atoms with Crippen molar-refractivity contribution in [3.8, 4) is 5.75 Å². The molecule has 38 heavy (non-hydrogen) atoms. The van der Waals surface area contributed by atoms with Crippen LogP contribution in [0, 0.1) is 0 Å². The molecule has 1 aliphatic heterocycles. The van der Waals surface area contributed by atoms with Crippen molar-refractivity contribution >= 4 is 22.5 Å². The van der Waals surface area contributed by atoms with E-state index in [1.807, 2.05) is 38.1 Å². The molecule has 7 heteroatoms. The summed E-state index contributed by atoms with van der Waals surface area (Å²) in [5.74, 6) is 0.584. The first-order valence-electron chi connectivity index (χ1n) is 13.4. The number of aliphatic hydroxyl groups is 1. The highest BCUT2D eigenvalue weighted by molar-refractivity contribution is 7.84. The topological polar surface area (TPSA) is 84.9 Å². The van der Waals surface area contributed by atoms with Crippen molar-refractivity contribution in [2.24, 2.45) is 0 Å². The predicted molar refractivity (Wildman–Crippen MR) is 150 cm³/mol. The lowest BCUT2D eigenvalue weighted by Gasteiger charge is -2.37. The van der Waals surface area contributed by atoms with E-state index in [4.69, 9.17) is 9.47 Å². The standard InChI is InChI=1S/C31H37NO5S/c1-20-7-6-16-31(4,36-18-17-30(2,3)34)29(20)25-9-5-8-24-23(25)14-15-26(24)37-22-12-10-21(11-13-22)27-19-28(33)32-38(27)35/h5-13,26-27,34H,14-19H2,1-4H3,(H,32,33)/t26-,27?,31?,38?/m1/s1. The molecule has 1 amide bonds. The molecule has 3 aliphatic rings. The van der Waals surface area contributed by atoms with Gasteiger partial charge < -0.3 is 14.6 Å². The van der Waals surface area contributed by atoms with Crippen molar-refractivity contribution in [1.29, 1.82) is 0 Å². The summed E-state index contributed by atoms with van der Waals surface area (Å²) in [6, 6.07) is 14.1. The Balaban J connectivity index is 1.36. The van der Waals surface area contributed by atoms with Gasteiger partial charge in [-0.3, -0.25) is 9.52 Å². The maximum atomic E-state index is 12.1. The molecule has 1 heterocycles. The summed E-state index contributed by atoms with van der Waals surface area (Å²) in [5, 5.41) is 9.87. The lowest BCUT2D eigenvalue weighted by atomic mass is 9.78. The molecular formula is C31H37NO5S. The van der Waals surface area contributed by atoms with Crippen molar-refractivity contribution in [3.63, 3.8) is 0 Å². The third-order valence-electron chi connectivity index (χ3n) is 7.79. The van der Waals surface area contributed by atoms with E-state index < -0.39 is 22.2 Å². The summed E-state index contributed by atoms with van der Waals surface area (Å²) in [4.78, 5) is 11.6. The molecule has 0 spiro atoms. The van der Waals surface area contributed by atoms with E-state index in [0.29, 0.717) is 13.0 Å². The second-order valence-electron chi connectivity index (χ2n) is 11.4. The quantitative estimate of drug-likeness (QED) is 0.457. The zero-order chi connectivity index (χ0) is 27.1. The molecule has 6 nitrogen and oxygen atoms in total. The number of carbonyl (C=O) groups excluding carboxylic acids is 1. The maximum Gasteiger partial charge on any atom is 0.233 e. The van der Waals surface area contributed by atoms with Gasteiger partial charge in [0.25, 0.3) is 0 Å². The van der Waals surface area contributed by atoms with Crippen LogP contribution in [-0.2, 0) is 26.9 Å². The van der Waals surface area contributed by atoms with E-state index in [0.717, 1.165) is 30.6 Å². The Morgan fingerprint density at radius 1 is 1.18 bits per heavy atom.